The molecule has 0 atom stereocenters. The van der Waals surface area contributed by atoms with Gasteiger partial charge in [-0.2, -0.15) is 0 Å². The number of hydrogen-bond donors (Lipinski definition) is 2. The molecule has 5 heteroatoms. The van der Waals surface area contributed by atoms with Crippen molar-refractivity contribution in [3.63, 3.8) is 0 Å². The van der Waals surface area contributed by atoms with Gasteiger partial charge >= 0.3 is 0 Å². The first-order valence-corrected chi connectivity index (χ1v) is 8.89. The molecule has 1 aromatic carbocycles. The van der Waals surface area contributed by atoms with Crippen LogP contribution in [0.25, 0.3) is 0 Å². The Kier molecular flexibility index (Phi) is 7.87. The van der Waals surface area contributed by atoms with Gasteiger partial charge in [0.05, 0.1) is 0 Å². The van der Waals surface area contributed by atoms with E-state index in [2.05, 4.69) is 63.3 Å². The lowest BCUT2D eigenvalue weighted by Gasteiger charge is -2.11. The molecule has 0 unspecified atom stereocenters. The van der Waals surface area contributed by atoms with Gasteiger partial charge in [0.15, 0.2) is 5.96 Å². The second-order valence-electron chi connectivity index (χ2n) is 5.79. The van der Waals surface area contributed by atoms with Gasteiger partial charge < -0.3 is 15.2 Å². The number of nitrogens with zero attached hydrogens (tertiary/aromatic N) is 3. The monoisotopic (exact) mass is 327 g/mol. The number of rotatable bonds is 9. The van der Waals surface area contributed by atoms with E-state index >= 15 is 0 Å². The molecule has 0 spiro atoms. The van der Waals surface area contributed by atoms with Crippen molar-refractivity contribution < 1.29 is 0 Å². The summed E-state index contributed by atoms with van der Waals surface area (Å²) < 4.78 is 2.15. The van der Waals surface area contributed by atoms with Crippen LogP contribution in [0.15, 0.2) is 47.7 Å². The summed E-state index contributed by atoms with van der Waals surface area (Å²) in [5.41, 5.74) is 1.27. The van der Waals surface area contributed by atoms with Crippen molar-refractivity contribution in [2.75, 3.05) is 13.1 Å². The maximum absolute atomic E-state index is 4.67. The molecule has 0 aliphatic heterocycles. The standard InChI is InChI=1S/C19H29N5/c1-3-5-9-12-22-19(20-4-2)23-15-18-21-13-14-24(18)16-17-10-7-6-8-11-17/h6-8,10-11,13-14H,3-5,9,12,15-16H2,1-2H3,(H2,20,22,23). The molecule has 0 aliphatic carbocycles. The highest BCUT2D eigenvalue weighted by Gasteiger charge is 2.04. The number of aliphatic imine (C=N–C) groups is 1. The van der Waals surface area contributed by atoms with Crippen LogP contribution < -0.4 is 10.6 Å². The van der Waals surface area contributed by atoms with Crippen LogP contribution in [-0.4, -0.2) is 28.6 Å². The fourth-order valence-corrected chi connectivity index (χ4v) is 2.49. The maximum atomic E-state index is 4.67. The minimum absolute atomic E-state index is 0.572. The van der Waals surface area contributed by atoms with Gasteiger partial charge in [-0.15, -0.1) is 0 Å². The summed E-state index contributed by atoms with van der Waals surface area (Å²) in [4.78, 5) is 9.12. The van der Waals surface area contributed by atoms with Gasteiger partial charge in [-0.3, -0.25) is 0 Å². The zero-order valence-corrected chi connectivity index (χ0v) is 14.8. The van der Waals surface area contributed by atoms with Crippen molar-refractivity contribution in [3.05, 3.63) is 54.1 Å². The zero-order valence-electron chi connectivity index (χ0n) is 14.8. The number of imidazole rings is 1. The Hall–Kier alpha value is -2.30. The average molecular weight is 327 g/mol. The summed E-state index contributed by atoms with van der Waals surface area (Å²) in [5.74, 6) is 1.84. The third-order valence-electron chi connectivity index (χ3n) is 3.79. The number of benzene rings is 1. The number of guanidine groups is 1. The highest BCUT2D eigenvalue weighted by molar-refractivity contribution is 5.79. The fraction of sp³-hybridized carbons (Fsp3) is 0.474. The van der Waals surface area contributed by atoms with Crippen molar-refractivity contribution in [2.24, 2.45) is 4.99 Å². The first-order valence-electron chi connectivity index (χ1n) is 8.89. The second-order valence-corrected chi connectivity index (χ2v) is 5.79. The number of unbranched alkanes of at least 4 members (excludes halogenated alkanes) is 2. The lowest BCUT2D eigenvalue weighted by Crippen LogP contribution is -2.37. The van der Waals surface area contributed by atoms with Gasteiger partial charge in [-0.05, 0) is 18.9 Å². The molecule has 5 nitrogen and oxygen atoms in total. The SMILES string of the molecule is CCCCCNC(=NCc1nccn1Cc1ccccc1)NCC. The molecule has 0 amide bonds. The summed E-state index contributed by atoms with van der Waals surface area (Å²) in [6.45, 7) is 7.51. The summed E-state index contributed by atoms with van der Waals surface area (Å²) in [6.07, 6.45) is 7.50. The molecule has 0 aliphatic rings. The molecule has 0 saturated carbocycles. The molecular formula is C19H29N5. The van der Waals surface area contributed by atoms with Crippen LogP contribution in [0, 0.1) is 0 Å². The van der Waals surface area contributed by atoms with Crippen LogP contribution in [0.2, 0.25) is 0 Å². The highest BCUT2D eigenvalue weighted by atomic mass is 15.2. The largest absolute Gasteiger partial charge is 0.357 e. The van der Waals surface area contributed by atoms with Crippen LogP contribution in [0.3, 0.4) is 0 Å². The van der Waals surface area contributed by atoms with E-state index in [9.17, 15) is 0 Å². The van der Waals surface area contributed by atoms with Crippen LogP contribution in [0.4, 0.5) is 0 Å². The second kappa shape index (κ2) is 10.5. The van der Waals surface area contributed by atoms with Crippen LogP contribution in [0.5, 0.6) is 0 Å². The average Bonchev–Trinajstić information content (AvgIpc) is 3.04. The normalized spacial score (nSPS) is 11.5. The van der Waals surface area contributed by atoms with Gasteiger partial charge in [-0.1, -0.05) is 50.1 Å². The Bertz CT molecular complexity index is 603. The number of nitrogens with one attached hydrogen (secondary N) is 2. The van der Waals surface area contributed by atoms with Crippen LogP contribution in [0.1, 0.15) is 44.5 Å². The molecule has 2 rings (SSSR count). The molecule has 0 saturated heterocycles. The Labute approximate surface area is 145 Å². The fourth-order valence-electron chi connectivity index (χ4n) is 2.49. The molecule has 130 valence electrons. The predicted octanol–water partition coefficient (Wildman–Crippen LogP) is 3.18. The zero-order chi connectivity index (χ0) is 17.0. The molecule has 2 aromatic rings. The van der Waals surface area contributed by atoms with Gasteiger partial charge in [0, 0.05) is 32.0 Å². The number of aromatic nitrogens is 2. The van der Waals surface area contributed by atoms with E-state index in [0.717, 1.165) is 31.4 Å². The van der Waals surface area contributed by atoms with Gasteiger partial charge in [0.1, 0.15) is 12.4 Å². The molecule has 2 N–H and O–H groups in total. The number of hydrogen-bond acceptors (Lipinski definition) is 2. The molecule has 1 aromatic heterocycles. The predicted molar refractivity (Wildman–Crippen MR) is 100 cm³/mol. The Morgan fingerprint density at radius 3 is 2.71 bits per heavy atom. The van der Waals surface area contributed by atoms with Gasteiger partial charge in [0.25, 0.3) is 0 Å². The molecule has 0 bridgehead atoms. The third kappa shape index (κ3) is 6.07. The van der Waals surface area contributed by atoms with E-state index in [1.54, 1.807) is 0 Å². The molecule has 0 fully saturated rings. The smallest absolute Gasteiger partial charge is 0.191 e. The van der Waals surface area contributed by atoms with E-state index < -0.39 is 0 Å². The summed E-state index contributed by atoms with van der Waals surface area (Å²) in [5, 5.41) is 6.68. The first-order chi connectivity index (χ1) is 11.8. The van der Waals surface area contributed by atoms with E-state index in [1.165, 1.54) is 24.8 Å². The van der Waals surface area contributed by atoms with Crippen molar-refractivity contribution in [1.29, 1.82) is 0 Å². The first kappa shape index (κ1) is 18.0. The van der Waals surface area contributed by atoms with Crippen LogP contribution in [-0.2, 0) is 13.1 Å². The maximum Gasteiger partial charge on any atom is 0.191 e. The Balaban J connectivity index is 1.94. The Morgan fingerprint density at radius 2 is 1.96 bits per heavy atom. The highest BCUT2D eigenvalue weighted by Crippen LogP contribution is 2.06. The van der Waals surface area contributed by atoms with E-state index in [0.29, 0.717) is 6.54 Å². The third-order valence-corrected chi connectivity index (χ3v) is 3.79. The van der Waals surface area contributed by atoms with Crippen molar-refractivity contribution in [1.82, 2.24) is 20.2 Å². The minimum atomic E-state index is 0.572. The lowest BCUT2D eigenvalue weighted by molar-refractivity contribution is 0.678. The molecule has 1 heterocycles. The quantitative estimate of drug-likeness (QED) is 0.422. The van der Waals surface area contributed by atoms with Crippen LogP contribution >= 0.6 is 0 Å². The summed E-state index contributed by atoms with van der Waals surface area (Å²) >= 11 is 0. The minimum Gasteiger partial charge on any atom is -0.357 e. The van der Waals surface area contributed by atoms with E-state index in [4.69, 9.17) is 0 Å². The molecule has 24 heavy (non-hydrogen) atoms. The van der Waals surface area contributed by atoms with E-state index in [-0.39, 0.29) is 0 Å². The summed E-state index contributed by atoms with van der Waals surface area (Å²) in [6, 6.07) is 10.4. The van der Waals surface area contributed by atoms with Crippen molar-refractivity contribution in [2.45, 2.75) is 46.2 Å². The van der Waals surface area contributed by atoms with Crippen molar-refractivity contribution in [3.8, 4) is 0 Å². The van der Waals surface area contributed by atoms with Gasteiger partial charge in [0.2, 0.25) is 0 Å². The van der Waals surface area contributed by atoms with E-state index in [1.807, 2.05) is 18.5 Å². The topological polar surface area (TPSA) is 54.2 Å². The summed E-state index contributed by atoms with van der Waals surface area (Å²) in [7, 11) is 0. The van der Waals surface area contributed by atoms with Crippen molar-refractivity contribution >= 4 is 5.96 Å². The molecule has 0 radical (unpaired) electrons. The molecular weight excluding hydrogens is 298 g/mol. The van der Waals surface area contributed by atoms with Gasteiger partial charge in [-0.25, -0.2) is 9.98 Å². The Morgan fingerprint density at radius 1 is 1.12 bits per heavy atom. The lowest BCUT2D eigenvalue weighted by atomic mass is 10.2.